The largest absolute Gasteiger partial charge is 0.394 e. The number of aliphatic hydroxyl groups is 5. The van der Waals surface area contributed by atoms with Gasteiger partial charge in [0.25, 0.3) is 11.3 Å². The average molecular weight is 443 g/mol. The number of nitrogens with zero attached hydrogens (tertiary/aromatic N) is 4. The van der Waals surface area contributed by atoms with Gasteiger partial charge in [0.15, 0.2) is 17.4 Å². The quantitative estimate of drug-likeness (QED) is 0.242. The normalized spacial score (nSPS) is 35.1. The molecule has 0 saturated carbocycles. The standard InChI is InChI=1S/C19H17N5O8/c25-5-9-11(26)12(27)16(32-9)23-6-20-10-14(23)21-17-22-18(30)8-4-2-1-3-7(8)13(28)19(18,31)24(17)15(10)29/h1-4,6,9,11-12,16,25-27,30-31H,5H2,(H,21,22)/t9-,11+,12-,16-,18-,19-/m1/s1. The van der Waals surface area contributed by atoms with Gasteiger partial charge in [0.1, 0.15) is 18.3 Å². The molecule has 2 aliphatic heterocycles. The minimum absolute atomic E-state index is 0.0553. The third-order valence-electron chi connectivity index (χ3n) is 6.39. The fraction of sp³-hybridized carbons (Fsp3) is 0.368. The molecule has 0 radical (unpaired) electrons. The lowest BCUT2D eigenvalue weighted by molar-refractivity contribution is -0.139. The Bertz CT molecular complexity index is 1370. The van der Waals surface area contributed by atoms with E-state index in [1.54, 1.807) is 12.1 Å². The van der Waals surface area contributed by atoms with Crippen molar-refractivity contribution in [3.8, 4) is 0 Å². The second-order valence-electron chi connectivity index (χ2n) is 8.01. The summed E-state index contributed by atoms with van der Waals surface area (Å²) in [4.78, 5) is 34.6. The summed E-state index contributed by atoms with van der Waals surface area (Å²) in [7, 11) is 0. The predicted octanol–water partition coefficient (Wildman–Crippen LogP) is -2.68. The van der Waals surface area contributed by atoms with Crippen LogP contribution in [0.3, 0.4) is 0 Å². The molecule has 3 aromatic rings. The first-order valence-electron chi connectivity index (χ1n) is 9.73. The van der Waals surface area contributed by atoms with Crippen LogP contribution >= 0.6 is 0 Å². The third-order valence-corrected chi connectivity index (χ3v) is 6.39. The lowest BCUT2D eigenvalue weighted by Gasteiger charge is -2.29. The molecule has 6 N–H and O–H groups in total. The summed E-state index contributed by atoms with van der Waals surface area (Å²) in [5.41, 5.74) is -6.16. The molecule has 2 aromatic heterocycles. The third kappa shape index (κ3) is 1.98. The topological polar surface area (TPSA) is 192 Å². The smallest absolute Gasteiger partial charge is 0.286 e. The molecule has 1 aliphatic carbocycles. The number of aromatic nitrogens is 4. The van der Waals surface area contributed by atoms with Gasteiger partial charge in [-0.25, -0.2) is 9.55 Å². The van der Waals surface area contributed by atoms with E-state index >= 15 is 0 Å². The fourth-order valence-corrected chi connectivity index (χ4v) is 4.76. The molecular formula is C19H17N5O8. The summed E-state index contributed by atoms with van der Waals surface area (Å²) < 4.78 is 7.33. The average Bonchev–Trinajstić information content (AvgIpc) is 3.44. The Morgan fingerprint density at radius 2 is 1.91 bits per heavy atom. The number of nitrogens with one attached hydrogen (secondary N) is 1. The number of hydrogen-bond donors (Lipinski definition) is 6. The van der Waals surface area contributed by atoms with Gasteiger partial charge in [-0.1, -0.05) is 24.3 Å². The van der Waals surface area contributed by atoms with E-state index in [-0.39, 0.29) is 28.2 Å². The minimum atomic E-state index is -2.68. The van der Waals surface area contributed by atoms with Crippen LogP contribution in [0.1, 0.15) is 22.1 Å². The first-order chi connectivity index (χ1) is 15.2. The van der Waals surface area contributed by atoms with Gasteiger partial charge in [0.2, 0.25) is 17.5 Å². The molecule has 13 heteroatoms. The molecule has 4 heterocycles. The molecule has 0 unspecified atom stereocenters. The summed E-state index contributed by atoms with van der Waals surface area (Å²) in [6, 6.07) is 6.02. The van der Waals surface area contributed by atoms with Gasteiger partial charge in [0, 0.05) is 11.1 Å². The van der Waals surface area contributed by atoms with Gasteiger partial charge in [-0.3, -0.25) is 14.2 Å². The highest BCUT2D eigenvalue weighted by Crippen LogP contribution is 2.51. The van der Waals surface area contributed by atoms with E-state index < -0.39 is 53.9 Å². The van der Waals surface area contributed by atoms with Crippen LogP contribution in [0, 0.1) is 0 Å². The van der Waals surface area contributed by atoms with Crippen molar-refractivity contribution >= 4 is 22.9 Å². The molecule has 6 atom stereocenters. The number of carbonyl (C=O) groups is 1. The number of aliphatic hydroxyl groups excluding tert-OH is 3. The minimum Gasteiger partial charge on any atom is -0.394 e. The zero-order valence-electron chi connectivity index (χ0n) is 16.2. The number of benzene rings is 1. The maximum Gasteiger partial charge on any atom is 0.286 e. The van der Waals surface area contributed by atoms with Crippen LogP contribution in [-0.2, 0) is 16.2 Å². The van der Waals surface area contributed by atoms with Crippen molar-refractivity contribution in [2.24, 2.45) is 0 Å². The van der Waals surface area contributed by atoms with Crippen molar-refractivity contribution in [2.45, 2.75) is 36.0 Å². The van der Waals surface area contributed by atoms with Gasteiger partial charge >= 0.3 is 0 Å². The van der Waals surface area contributed by atoms with Crippen LogP contribution in [-0.4, -0.2) is 75.3 Å². The first-order valence-corrected chi connectivity index (χ1v) is 9.73. The van der Waals surface area contributed by atoms with Crippen LogP contribution in [0.4, 0.5) is 5.95 Å². The first kappa shape index (κ1) is 19.5. The zero-order valence-corrected chi connectivity index (χ0v) is 16.2. The molecule has 0 amide bonds. The molecule has 13 nitrogen and oxygen atoms in total. The molecule has 32 heavy (non-hydrogen) atoms. The molecule has 1 saturated heterocycles. The van der Waals surface area contributed by atoms with E-state index in [2.05, 4.69) is 15.3 Å². The number of fused-ring (bicyclic) bond motifs is 6. The Hall–Kier alpha value is -3.20. The maximum atomic E-state index is 13.3. The van der Waals surface area contributed by atoms with E-state index in [0.717, 1.165) is 6.33 Å². The van der Waals surface area contributed by atoms with Gasteiger partial charge in [-0.15, -0.1) is 0 Å². The lowest BCUT2D eigenvalue weighted by atomic mass is 10.0. The Kier molecular flexibility index (Phi) is 3.64. The second kappa shape index (κ2) is 5.98. The lowest BCUT2D eigenvalue weighted by Crippen LogP contribution is -2.54. The van der Waals surface area contributed by atoms with Gasteiger partial charge < -0.3 is 35.6 Å². The molecule has 1 aromatic carbocycles. The van der Waals surface area contributed by atoms with E-state index in [1.807, 2.05) is 0 Å². The summed E-state index contributed by atoms with van der Waals surface area (Å²) in [5.74, 6) is -1.18. The van der Waals surface area contributed by atoms with Crippen molar-refractivity contribution in [3.63, 3.8) is 0 Å². The predicted molar refractivity (Wildman–Crippen MR) is 103 cm³/mol. The highest BCUT2D eigenvalue weighted by molar-refractivity contribution is 6.08. The number of anilines is 1. The van der Waals surface area contributed by atoms with Crippen LogP contribution < -0.4 is 10.9 Å². The summed E-state index contributed by atoms with van der Waals surface area (Å²) in [6.45, 7) is -0.546. The highest BCUT2D eigenvalue weighted by atomic mass is 16.6. The monoisotopic (exact) mass is 443 g/mol. The van der Waals surface area contributed by atoms with Crippen molar-refractivity contribution < 1.29 is 35.1 Å². The SMILES string of the molecule is O=C1c2ccccc2[C@]2(O)Nc3nc4c(ncn4[C@@H]4O[C@H](CO)[C@H](O)[C@H]4O)c(=O)n3[C@@]12O. The van der Waals surface area contributed by atoms with Crippen molar-refractivity contribution in [1.82, 2.24) is 19.1 Å². The summed E-state index contributed by atoms with van der Waals surface area (Å²) in [5, 5.41) is 54.9. The Morgan fingerprint density at radius 1 is 1.16 bits per heavy atom. The van der Waals surface area contributed by atoms with Crippen LogP contribution in [0.25, 0.3) is 11.2 Å². The number of carbonyl (C=O) groups excluding carboxylic acids is 1. The van der Waals surface area contributed by atoms with E-state index in [4.69, 9.17) is 4.74 Å². The number of hydrogen-bond acceptors (Lipinski definition) is 11. The maximum absolute atomic E-state index is 13.3. The zero-order chi connectivity index (χ0) is 22.6. The molecule has 0 bridgehead atoms. The molecular weight excluding hydrogens is 426 g/mol. The molecule has 3 aliphatic rings. The van der Waals surface area contributed by atoms with Crippen molar-refractivity contribution in [1.29, 1.82) is 0 Å². The van der Waals surface area contributed by atoms with E-state index in [9.17, 15) is 35.1 Å². The summed E-state index contributed by atoms with van der Waals surface area (Å²) >= 11 is 0. The Balaban J connectivity index is 1.55. The number of Topliss-reactive ketones (excluding diaryl/α,β-unsaturated/α-hetero) is 1. The Morgan fingerprint density at radius 3 is 2.62 bits per heavy atom. The molecule has 166 valence electrons. The number of ketones is 1. The highest BCUT2D eigenvalue weighted by Gasteiger charge is 2.69. The van der Waals surface area contributed by atoms with Crippen LogP contribution in [0.2, 0.25) is 0 Å². The molecule has 0 spiro atoms. The van der Waals surface area contributed by atoms with E-state index in [1.165, 1.54) is 16.7 Å². The fourth-order valence-electron chi connectivity index (χ4n) is 4.76. The van der Waals surface area contributed by atoms with Crippen molar-refractivity contribution in [3.05, 3.63) is 52.1 Å². The van der Waals surface area contributed by atoms with E-state index in [0.29, 0.717) is 4.57 Å². The number of ether oxygens (including phenoxy) is 1. The van der Waals surface area contributed by atoms with Crippen LogP contribution in [0.5, 0.6) is 0 Å². The molecule has 6 rings (SSSR count). The van der Waals surface area contributed by atoms with Gasteiger partial charge in [0.05, 0.1) is 12.9 Å². The van der Waals surface area contributed by atoms with Gasteiger partial charge in [-0.2, -0.15) is 4.98 Å². The van der Waals surface area contributed by atoms with Crippen LogP contribution in [0.15, 0.2) is 35.4 Å². The Labute approximate surface area is 177 Å². The van der Waals surface area contributed by atoms with Gasteiger partial charge in [-0.05, 0) is 0 Å². The molecule has 1 fully saturated rings. The second-order valence-corrected chi connectivity index (χ2v) is 8.01. The number of imidazole rings is 1. The summed E-state index contributed by atoms with van der Waals surface area (Å²) in [6.07, 6.45) is -3.95. The van der Waals surface area contributed by atoms with Crippen molar-refractivity contribution in [2.75, 3.05) is 11.9 Å². The number of rotatable bonds is 2.